The average molecular weight is 587 g/mol. The van der Waals surface area contributed by atoms with Crippen LogP contribution in [0, 0.1) is 11.6 Å². The summed E-state index contributed by atoms with van der Waals surface area (Å²) >= 11 is 6.66. The lowest BCUT2D eigenvalue weighted by atomic mass is 10.0. The van der Waals surface area contributed by atoms with Crippen LogP contribution in [0.5, 0.6) is 0 Å². The van der Waals surface area contributed by atoms with Crippen LogP contribution in [-0.4, -0.2) is 79.9 Å². The highest BCUT2D eigenvalue weighted by atomic mass is 35.5. The number of rotatable bonds is 7. The van der Waals surface area contributed by atoms with E-state index in [0.29, 0.717) is 34.0 Å². The summed E-state index contributed by atoms with van der Waals surface area (Å²) in [6, 6.07) is 6.14. The van der Waals surface area contributed by atoms with Crippen LogP contribution in [0.3, 0.4) is 0 Å². The minimum Gasteiger partial charge on any atom is -0.394 e. The highest BCUT2D eigenvalue weighted by Gasteiger charge is 2.36. The smallest absolute Gasteiger partial charge is 0.130 e. The van der Waals surface area contributed by atoms with Crippen LogP contribution in [0.25, 0.3) is 22.2 Å². The molecule has 12 heteroatoms. The van der Waals surface area contributed by atoms with Gasteiger partial charge in [-0.05, 0) is 43.2 Å². The van der Waals surface area contributed by atoms with Gasteiger partial charge in [-0.2, -0.15) is 5.10 Å². The lowest BCUT2D eigenvalue weighted by Crippen LogP contribution is -2.40. The zero-order valence-electron chi connectivity index (χ0n) is 22.2. The Kier molecular flexibility index (Phi) is 7.86. The molecule has 1 aromatic carbocycles. The molecule has 2 aliphatic heterocycles. The predicted molar refractivity (Wildman–Crippen MR) is 150 cm³/mol. The second-order valence-corrected chi connectivity index (χ2v) is 11.2. The van der Waals surface area contributed by atoms with Crippen molar-refractivity contribution in [3.8, 4) is 11.1 Å². The van der Waals surface area contributed by atoms with Gasteiger partial charge < -0.3 is 20.0 Å². The fourth-order valence-corrected chi connectivity index (χ4v) is 6.21. The molecule has 2 fully saturated rings. The number of aliphatic hydroxyl groups excluding tert-OH is 2. The van der Waals surface area contributed by atoms with Crippen molar-refractivity contribution in [2.75, 3.05) is 37.7 Å². The molecular weight excluding hydrogens is 557 g/mol. The van der Waals surface area contributed by atoms with Crippen LogP contribution in [0.4, 0.5) is 19.0 Å². The Morgan fingerprint density at radius 1 is 1.10 bits per heavy atom. The topological polar surface area (TPSA) is 90.5 Å². The summed E-state index contributed by atoms with van der Waals surface area (Å²) in [4.78, 5) is 13.0. The summed E-state index contributed by atoms with van der Waals surface area (Å²) in [7, 11) is 0. The van der Waals surface area contributed by atoms with E-state index in [-0.39, 0.29) is 31.2 Å². The maximum absolute atomic E-state index is 14.7. The fourth-order valence-electron chi connectivity index (χ4n) is 5.96. The number of hydrogen-bond donors (Lipinski definition) is 2. The number of anilines is 1. The van der Waals surface area contributed by atoms with Crippen molar-refractivity contribution in [3.05, 3.63) is 71.1 Å². The summed E-state index contributed by atoms with van der Waals surface area (Å²) in [6.45, 7) is 1.73. The Morgan fingerprint density at radius 3 is 2.68 bits per heavy atom. The summed E-state index contributed by atoms with van der Waals surface area (Å²) in [6.07, 6.45) is 4.93. The van der Waals surface area contributed by atoms with Crippen LogP contribution in [0.1, 0.15) is 36.9 Å². The summed E-state index contributed by atoms with van der Waals surface area (Å²) < 4.78 is 45.3. The van der Waals surface area contributed by atoms with Crippen molar-refractivity contribution in [2.45, 2.75) is 43.6 Å². The maximum Gasteiger partial charge on any atom is 0.130 e. The van der Waals surface area contributed by atoms with E-state index >= 15 is 0 Å². The molecule has 0 amide bonds. The van der Waals surface area contributed by atoms with Crippen LogP contribution < -0.4 is 4.90 Å². The molecule has 2 aliphatic rings. The van der Waals surface area contributed by atoms with Crippen molar-refractivity contribution in [3.63, 3.8) is 0 Å². The van der Waals surface area contributed by atoms with Crippen LogP contribution in [0.2, 0.25) is 5.02 Å². The molecule has 0 bridgehead atoms. The van der Waals surface area contributed by atoms with Gasteiger partial charge in [-0.1, -0.05) is 11.6 Å². The van der Waals surface area contributed by atoms with E-state index in [1.807, 2.05) is 10.9 Å². The van der Waals surface area contributed by atoms with Crippen molar-refractivity contribution in [1.29, 1.82) is 0 Å². The SMILES string of the molecule is OC[C@@H](O)CN1CCC(n2cc(-c3c(Cl)cnc4ccc(N5C[C@@H](F)C[C@@H]5c5cc(F)ccc5F)nc34)cn2)CC1. The van der Waals surface area contributed by atoms with Gasteiger partial charge in [0.15, 0.2) is 0 Å². The lowest BCUT2D eigenvalue weighted by molar-refractivity contribution is 0.0474. The molecule has 0 saturated carbocycles. The summed E-state index contributed by atoms with van der Waals surface area (Å²) in [5.74, 6) is -0.759. The molecular formula is C29H30ClF3N6O2. The van der Waals surface area contributed by atoms with E-state index in [1.54, 1.807) is 29.4 Å². The maximum atomic E-state index is 14.7. The van der Waals surface area contributed by atoms with Crippen molar-refractivity contribution in [1.82, 2.24) is 24.6 Å². The van der Waals surface area contributed by atoms with Gasteiger partial charge >= 0.3 is 0 Å². The summed E-state index contributed by atoms with van der Waals surface area (Å²) in [5.41, 5.74) is 2.57. The zero-order chi connectivity index (χ0) is 28.7. The Morgan fingerprint density at radius 2 is 1.90 bits per heavy atom. The lowest BCUT2D eigenvalue weighted by Gasteiger charge is -2.32. The molecule has 0 radical (unpaired) electrons. The molecule has 5 heterocycles. The van der Waals surface area contributed by atoms with Gasteiger partial charge in [0.1, 0.15) is 29.1 Å². The number of halogens is 4. The van der Waals surface area contributed by atoms with Crippen molar-refractivity contribution in [2.24, 2.45) is 0 Å². The largest absolute Gasteiger partial charge is 0.394 e. The molecule has 41 heavy (non-hydrogen) atoms. The third-order valence-corrected chi connectivity index (χ3v) is 8.30. The van der Waals surface area contributed by atoms with Crippen LogP contribution >= 0.6 is 11.6 Å². The molecule has 2 saturated heterocycles. The number of pyridine rings is 2. The standard InChI is InChI=1S/C29H30ClF3N6O2/c30-23-12-34-25-3-4-27(38-14-19(32)10-26(38)22-9-18(31)1-2-24(22)33)36-29(25)28(23)17-11-35-39(13-17)20-5-7-37(8-6-20)15-21(41)16-40/h1-4,9,11-13,19-21,26,40-41H,5-8,10,14-16H2/t19-,21-,26+/m0/s1. The van der Waals surface area contributed by atoms with Crippen LogP contribution in [-0.2, 0) is 0 Å². The zero-order valence-corrected chi connectivity index (χ0v) is 22.9. The fraction of sp³-hybridized carbons (Fsp3) is 0.414. The van der Waals surface area contributed by atoms with Crippen LogP contribution in [0.15, 0.2) is 48.9 Å². The van der Waals surface area contributed by atoms with Gasteiger partial charge in [0.2, 0.25) is 0 Å². The molecule has 6 rings (SSSR count). The van der Waals surface area contributed by atoms with Gasteiger partial charge in [0.25, 0.3) is 0 Å². The molecule has 8 nitrogen and oxygen atoms in total. The minimum atomic E-state index is -1.23. The molecule has 3 aromatic heterocycles. The molecule has 0 spiro atoms. The average Bonchev–Trinajstić information content (AvgIpc) is 3.61. The number of alkyl halides is 1. The minimum absolute atomic E-state index is 0.00554. The Balaban J connectivity index is 1.30. The molecule has 3 atom stereocenters. The van der Waals surface area contributed by atoms with Crippen molar-refractivity contribution >= 4 is 28.5 Å². The second kappa shape index (κ2) is 11.6. The number of aliphatic hydroxyl groups is 2. The van der Waals surface area contributed by atoms with E-state index < -0.39 is 30.0 Å². The molecule has 0 unspecified atom stereocenters. The summed E-state index contributed by atoms with van der Waals surface area (Å²) in [5, 5.41) is 23.9. The van der Waals surface area contributed by atoms with Gasteiger partial charge in [0, 0.05) is 55.1 Å². The predicted octanol–water partition coefficient (Wildman–Crippen LogP) is 4.70. The quantitative estimate of drug-likeness (QED) is 0.324. The number of fused-ring (bicyclic) bond motifs is 1. The number of nitrogens with zero attached hydrogens (tertiary/aromatic N) is 6. The normalized spacial score (nSPS) is 21.2. The first-order valence-electron chi connectivity index (χ1n) is 13.7. The second-order valence-electron chi connectivity index (χ2n) is 10.8. The number of aromatic nitrogens is 4. The molecule has 0 aliphatic carbocycles. The van der Waals surface area contributed by atoms with Crippen molar-refractivity contribution < 1.29 is 23.4 Å². The van der Waals surface area contributed by atoms with E-state index in [1.165, 1.54) is 0 Å². The first kappa shape index (κ1) is 27.9. The Labute approximate surface area is 240 Å². The Bertz CT molecular complexity index is 1550. The van der Waals surface area contributed by atoms with E-state index in [2.05, 4.69) is 15.0 Å². The molecule has 216 valence electrons. The number of likely N-dealkylation sites (tertiary alicyclic amines) is 1. The van der Waals surface area contributed by atoms with E-state index in [0.717, 1.165) is 49.7 Å². The van der Waals surface area contributed by atoms with E-state index in [9.17, 15) is 18.3 Å². The highest BCUT2D eigenvalue weighted by Crippen LogP contribution is 2.40. The number of hydrogen-bond acceptors (Lipinski definition) is 7. The third-order valence-electron chi connectivity index (χ3n) is 8.01. The first-order chi connectivity index (χ1) is 19.8. The Hall–Kier alpha value is -3.25. The first-order valence-corrected chi connectivity index (χ1v) is 14.0. The van der Waals surface area contributed by atoms with Gasteiger partial charge in [-0.3, -0.25) is 9.67 Å². The third kappa shape index (κ3) is 5.63. The molecule has 4 aromatic rings. The monoisotopic (exact) mass is 586 g/mol. The molecule has 2 N–H and O–H groups in total. The van der Waals surface area contributed by atoms with Gasteiger partial charge in [-0.25, -0.2) is 18.2 Å². The number of benzene rings is 1. The highest BCUT2D eigenvalue weighted by molar-refractivity contribution is 6.34. The number of piperidine rings is 1. The van der Waals surface area contributed by atoms with Gasteiger partial charge in [0.05, 0.1) is 48.1 Å². The van der Waals surface area contributed by atoms with Gasteiger partial charge in [-0.15, -0.1) is 0 Å². The number of β-amino-alcohol motifs (C(OH)–C–C–N with tert-alkyl or cyclic N) is 1. The van der Waals surface area contributed by atoms with E-state index in [4.69, 9.17) is 21.7 Å².